The molecule has 0 radical (unpaired) electrons. The van der Waals surface area contributed by atoms with Crippen molar-refractivity contribution in [1.29, 1.82) is 0 Å². The lowest BCUT2D eigenvalue weighted by atomic mass is 10.1. The van der Waals surface area contributed by atoms with Crippen molar-refractivity contribution in [2.75, 3.05) is 20.1 Å². The van der Waals surface area contributed by atoms with Crippen LogP contribution in [0.5, 0.6) is 0 Å². The molecule has 102 valence electrons. The van der Waals surface area contributed by atoms with Crippen LogP contribution in [0.4, 0.5) is 4.39 Å². The summed E-state index contributed by atoms with van der Waals surface area (Å²) in [5.41, 5.74) is 0.987. The third kappa shape index (κ3) is 5.02. The lowest BCUT2D eigenvalue weighted by Crippen LogP contribution is -2.32. The molecule has 0 heterocycles. The molecule has 5 heteroatoms. The van der Waals surface area contributed by atoms with Crippen molar-refractivity contribution in [2.45, 2.75) is 13.8 Å². The Morgan fingerprint density at radius 3 is 2.61 bits per heavy atom. The van der Waals surface area contributed by atoms with E-state index in [1.165, 1.54) is 12.1 Å². The summed E-state index contributed by atoms with van der Waals surface area (Å²) in [6.45, 7) is 5.15. The standard InChI is InChI=1S/C13H19FN2O.ClH/c1-9(7-15-3)8-16-13(17)11-4-5-12(14)10(2)6-11;/h4-6,9,15H,7-8H2,1-3H3,(H,16,17);1H. The number of amides is 1. The lowest BCUT2D eigenvalue weighted by Gasteiger charge is -2.12. The van der Waals surface area contributed by atoms with E-state index in [1.807, 2.05) is 14.0 Å². The van der Waals surface area contributed by atoms with Crippen LogP contribution >= 0.6 is 12.4 Å². The number of halogens is 2. The lowest BCUT2D eigenvalue weighted by molar-refractivity contribution is 0.0948. The number of hydrogen-bond acceptors (Lipinski definition) is 2. The Morgan fingerprint density at radius 2 is 2.06 bits per heavy atom. The van der Waals surface area contributed by atoms with E-state index in [0.29, 0.717) is 23.6 Å². The van der Waals surface area contributed by atoms with Crippen molar-refractivity contribution in [1.82, 2.24) is 10.6 Å². The maximum Gasteiger partial charge on any atom is 0.251 e. The second-order valence-corrected chi connectivity index (χ2v) is 4.34. The summed E-state index contributed by atoms with van der Waals surface area (Å²) in [7, 11) is 1.88. The van der Waals surface area contributed by atoms with Gasteiger partial charge in [-0.2, -0.15) is 0 Å². The van der Waals surface area contributed by atoms with Gasteiger partial charge < -0.3 is 10.6 Å². The largest absolute Gasteiger partial charge is 0.352 e. The Balaban J connectivity index is 0.00000289. The molecule has 0 aromatic heterocycles. The highest BCUT2D eigenvalue weighted by molar-refractivity contribution is 5.94. The number of carbonyl (C=O) groups excluding carboxylic acids is 1. The summed E-state index contributed by atoms with van der Waals surface area (Å²) in [4.78, 5) is 11.8. The molecule has 0 bridgehead atoms. The maximum atomic E-state index is 13.0. The molecule has 1 aromatic carbocycles. The first-order valence-electron chi connectivity index (χ1n) is 5.73. The van der Waals surface area contributed by atoms with Gasteiger partial charge in [0, 0.05) is 12.1 Å². The fourth-order valence-electron chi connectivity index (χ4n) is 1.58. The summed E-state index contributed by atoms with van der Waals surface area (Å²) in [6, 6.07) is 4.38. The van der Waals surface area contributed by atoms with Crippen molar-refractivity contribution < 1.29 is 9.18 Å². The molecular weight excluding hydrogens is 255 g/mol. The van der Waals surface area contributed by atoms with E-state index in [-0.39, 0.29) is 24.1 Å². The maximum absolute atomic E-state index is 13.0. The molecule has 1 atom stereocenters. The molecule has 1 rings (SSSR count). The first kappa shape index (κ1) is 16.9. The van der Waals surface area contributed by atoms with E-state index in [9.17, 15) is 9.18 Å². The highest BCUT2D eigenvalue weighted by atomic mass is 35.5. The highest BCUT2D eigenvalue weighted by Gasteiger charge is 2.08. The third-order valence-electron chi connectivity index (χ3n) is 2.58. The van der Waals surface area contributed by atoms with E-state index in [0.717, 1.165) is 6.54 Å². The average Bonchev–Trinajstić information content (AvgIpc) is 2.30. The van der Waals surface area contributed by atoms with Crippen LogP contribution in [-0.2, 0) is 0 Å². The summed E-state index contributed by atoms with van der Waals surface area (Å²) in [5.74, 6) is -0.0772. The monoisotopic (exact) mass is 274 g/mol. The van der Waals surface area contributed by atoms with Crippen LogP contribution < -0.4 is 10.6 Å². The number of hydrogen-bond donors (Lipinski definition) is 2. The van der Waals surface area contributed by atoms with Gasteiger partial charge in [-0.25, -0.2) is 4.39 Å². The molecule has 0 saturated carbocycles. The molecule has 0 aliphatic carbocycles. The minimum atomic E-state index is -0.287. The number of nitrogens with one attached hydrogen (secondary N) is 2. The van der Waals surface area contributed by atoms with Crippen LogP contribution in [-0.4, -0.2) is 26.0 Å². The Kier molecular flexibility index (Phi) is 7.55. The molecule has 0 fully saturated rings. The molecule has 1 aromatic rings. The van der Waals surface area contributed by atoms with E-state index >= 15 is 0 Å². The summed E-state index contributed by atoms with van der Waals surface area (Å²) in [6.07, 6.45) is 0. The van der Waals surface area contributed by atoms with Crippen LogP contribution in [0.3, 0.4) is 0 Å². The van der Waals surface area contributed by atoms with Crippen LogP contribution in [0, 0.1) is 18.7 Å². The summed E-state index contributed by atoms with van der Waals surface area (Å²) < 4.78 is 13.0. The second kappa shape index (κ2) is 8.06. The fraction of sp³-hybridized carbons (Fsp3) is 0.462. The topological polar surface area (TPSA) is 41.1 Å². The van der Waals surface area contributed by atoms with Crippen LogP contribution in [0.2, 0.25) is 0 Å². The Bertz CT molecular complexity index is 399. The van der Waals surface area contributed by atoms with Crippen LogP contribution in [0.25, 0.3) is 0 Å². The SMILES string of the molecule is CNCC(C)CNC(=O)c1ccc(F)c(C)c1.Cl. The predicted octanol–water partition coefficient (Wildman–Crippen LogP) is 2.14. The molecule has 0 aliphatic heterocycles. The van der Waals surface area contributed by atoms with E-state index in [4.69, 9.17) is 0 Å². The average molecular weight is 275 g/mol. The number of aryl methyl sites for hydroxylation is 1. The number of carbonyl (C=O) groups is 1. The van der Waals surface area contributed by atoms with Gasteiger partial charge >= 0.3 is 0 Å². The van der Waals surface area contributed by atoms with Gasteiger partial charge in [0.2, 0.25) is 0 Å². The van der Waals surface area contributed by atoms with Gasteiger partial charge in [0.1, 0.15) is 5.82 Å². The van der Waals surface area contributed by atoms with Gasteiger partial charge in [-0.1, -0.05) is 6.92 Å². The van der Waals surface area contributed by atoms with Gasteiger partial charge in [0.05, 0.1) is 0 Å². The molecule has 1 unspecified atom stereocenters. The van der Waals surface area contributed by atoms with Crippen molar-refractivity contribution in [2.24, 2.45) is 5.92 Å². The van der Waals surface area contributed by atoms with Gasteiger partial charge in [-0.3, -0.25) is 4.79 Å². The van der Waals surface area contributed by atoms with Gasteiger partial charge in [-0.15, -0.1) is 12.4 Å². The minimum Gasteiger partial charge on any atom is -0.352 e. The van der Waals surface area contributed by atoms with Crippen molar-refractivity contribution in [3.63, 3.8) is 0 Å². The first-order valence-corrected chi connectivity index (χ1v) is 5.73. The number of rotatable bonds is 5. The third-order valence-corrected chi connectivity index (χ3v) is 2.58. The Labute approximate surface area is 114 Å². The first-order chi connectivity index (χ1) is 8.04. The molecule has 2 N–H and O–H groups in total. The predicted molar refractivity (Wildman–Crippen MR) is 73.8 cm³/mol. The van der Waals surface area contributed by atoms with E-state index < -0.39 is 0 Å². The summed E-state index contributed by atoms with van der Waals surface area (Å²) in [5, 5.41) is 5.88. The Morgan fingerprint density at radius 1 is 1.39 bits per heavy atom. The molecule has 0 saturated heterocycles. The normalized spacial score (nSPS) is 11.6. The fourth-order valence-corrected chi connectivity index (χ4v) is 1.58. The Hall–Kier alpha value is -1.13. The zero-order valence-electron chi connectivity index (χ0n) is 10.9. The highest BCUT2D eigenvalue weighted by Crippen LogP contribution is 2.09. The molecule has 0 spiro atoms. The molecular formula is C13H20ClFN2O. The van der Waals surface area contributed by atoms with Gasteiger partial charge in [0.25, 0.3) is 5.91 Å². The second-order valence-electron chi connectivity index (χ2n) is 4.34. The van der Waals surface area contributed by atoms with Crippen LogP contribution in [0.15, 0.2) is 18.2 Å². The van der Waals surface area contributed by atoms with Gasteiger partial charge in [0.15, 0.2) is 0 Å². The quantitative estimate of drug-likeness (QED) is 0.864. The number of benzene rings is 1. The molecule has 3 nitrogen and oxygen atoms in total. The molecule has 18 heavy (non-hydrogen) atoms. The summed E-state index contributed by atoms with van der Waals surface area (Å²) >= 11 is 0. The van der Waals surface area contributed by atoms with Crippen molar-refractivity contribution >= 4 is 18.3 Å². The van der Waals surface area contributed by atoms with Crippen molar-refractivity contribution in [3.8, 4) is 0 Å². The molecule has 0 aliphatic rings. The van der Waals surface area contributed by atoms with E-state index in [2.05, 4.69) is 10.6 Å². The van der Waals surface area contributed by atoms with Gasteiger partial charge in [-0.05, 0) is 50.2 Å². The zero-order chi connectivity index (χ0) is 12.8. The smallest absolute Gasteiger partial charge is 0.251 e. The van der Waals surface area contributed by atoms with Crippen molar-refractivity contribution in [3.05, 3.63) is 35.1 Å². The minimum absolute atomic E-state index is 0. The molecule has 1 amide bonds. The van der Waals surface area contributed by atoms with Crippen LogP contribution in [0.1, 0.15) is 22.8 Å². The van der Waals surface area contributed by atoms with E-state index in [1.54, 1.807) is 13.0 Å². The zero-order valence-corrected chi connectivity index (χ0v) is 11.7.